The van der Waals surface area contributed by atoms with Crippen molar-refractivity contribution < 1.29 is 0 Å². The van der Waals surface area contributed by atoms with Gasteiger partial charge in [-0.15, -0.1) is 11.3 Å². The lowest BCUT2D eigenvalue weighted by Gasteiger charge is -2.11. The van der Waals surface area contributed by atoms with E-state index in [1.165, 1.54) is 36.7 Å². The molecule has 0 aliphatic heterocycles. The highest BCUT2D eigenvalue weighted by Gasteiger charge is 2.19. The molecule has 3 aromatic heterocycles. The number of nitrogens with zero attached hydrogens (tertiary/aromatic N) is 3. The van der Waals surface area contributed by atoms with E-state index < -0.39 is 0 Å². The summed E-state index contributed by atoms with van der Waals surface area (Å²) in [4.78, 5) is 15.7. The molecule has 0 bridgehead atoms. The molecule has 0 N–H and O–H groups in total. The van der Waals surface area contributed by atoms with Crippen molar-refractivity contribution >= 4 is 53.2 Å². The Balaban J connectivity index is 1.20. The summed E-state index contributed by atoms with van der Waals surface area (Å²) in [5.41, 5.74) is 10.4. The number of aromatic nitrogens is 3. The number of rotatable bonds is 5. The smallest absolute Gasteiger partial charge is 0.161 e. The summed E-state index contributed by atoms with van der Waals surface area (Å²) in [5, 5.41) is 6.00. The highest BCUT2D eigenvalue weighted by Crippen LogP contribution is 2.46. The molecule has 10 rings (SSSR count). The van der Waals surface area contributed by atoms with Crippen molar-refractivity contribution in [3.8, 4) is 56.3 Å². The van der Waals surface area contributed by atoms with E-state index in [-0.39, 0.29) is 0 Å². The van der Waals surface area contributed by atoms with Crippen LogP contribution >= 0.6 is 11.3 Å². The monoisotopic (exact) mass is 667 g/mol. The largest absolute Gasteiger partial charge is 0.247 e. The summed E-state index contributed by atoms with van der Waals surface area (Å²) in [6.07, 6.45) is 0. The van der Waals surface area contributed by atoms with E-state index in [4.69, 9.17) is 15.0 Å². The molecule has 0 aliphatic carbocycles. The first-order chi connectivity index (χ1) is 25.3. The van der Waals surface area contributed by atoms with Crippen LogP contribution in [-0.4, -0.2) is 15.0 Å². The molecule has 0 aliphatic rings. The Bertz CT molecular complexity index is 2880. The summed E-state index contributed by atoms with van der Waals surface area (Å²) >= 11 is 1.83. The third kappa shape index (κ3) is 5.08. The molecular formula is C47H29N3S. The van der Waals surface area contributed by atoms with E-state index in [2.05, 4.69) is 164 Å². The van der Waals surface area contributed by atoms with Gasteiger partial charge in [0.15, 0.2) is 5.82 Å². The third-order valence-corrected chi connectivity index (χ3v) is 11.0. The van der Waals surface area contributed by atoms with Crippen LogP contribution in [0.1, 0.15) is 0 Å². The van der Waals surface area contributed by atoms with Crippen LogP contribution in [0.15, 0.2) is 176 Å². The second kappa shape index (κ2) is 12.1. The van der Waals surface area contributed by atoms with Crippen molar-refractivity contribution in [2.75, 3.05) is 0 Å². The van der Waals surface area contributed by atoms with Gasteiger partial charge in [-0.2, -0.15) is 0 Å². The maximum atomic E-state index is 5.27. The Morgan fingerprint density at radius 3 is 1.61 bits per heavy atom. The number of thiophene rings is 1. The highest BCUT2D eigenvalue weighted by molar-refractivity contribution is 7.27. The average molecular weight is 668 g/mol. The molecule has 0 radical (unpaired) electrons. The molecule has 51 heavy (non-hydrogen) atoms. The van der Waals surface area contributed by atoms with Crippen LogP contribution < -0.4 is 0 Å². The molecule has 7 aromatic carbocycles. The Hall–Kier alpha value is -6.49. The minimum Gasteiger partial charge on any atom is -0.247 e. The lowest BCUT2D eigenvalue weighted by molar-refractivity contribution is 1.19. The number of benzene rings is 7. The standard InChI is InChI=1S/C47H29N3S/c1-4-13-30(14-5-1)31-23-25-33(26-24-31)42-29-41(32-15-6-2-7-16-32)49-47(50-42)39-21-12-20-35-36-27-28-38-43(46(36)51-45(35)39)37-19-10-11-22-40(37)48-44(38)34-17-8-3-9-18-34/h1-29H. The second-order valence-corrected chi connectivity index (χ2v) is 13.8. The number of pyridine rings is 1. The molecule has 0 amide bonds. The molecule has 0 fully saturated rings. The predicted molar refractivity (Wildman–Crippen MR) is 215 cm³/mol. The number of hydrogen-bond acceptors (Lipinski definition) is 4. The van der Waals surface area contributed by atoms with E-state index in [1.807, 2.05) is 23.5 Å². The number of hydrogen-bond donors (Lipinski definition) is 0. The minimum absolute atomic E-state index is 0.719. The summed E-state index contributed by atoms with van der Waals surface area (Å²) < 4.78 is 2.43. The SMILES string of the molecule is c1ccc(-c2ccc(-c3cc(-c4ccccc4)nc(-c4cccc5c4sc4c5ccc5c(-c6ccccc6)nc6ccccc6c54)n3)cc2)cc1. The first-order valence-electron chi connectivity index (χ1n) is 17.1. The Labute approximate surface area is 299 Å². The predicted octanol–water partition coefficient (Wildman–Crippen LogP) is 12.9. The van der Waals surface area contributed by atoms with Crippen molar-refractivity contribution in [3.05, 3.63) is 176 Å². The summed E-state index contributed by atoms with van der Waals surface area (Å²) in [5.74, 6) is 0.719. The molecule has 0 spiro atoms. The van der Waals surface area contributed by atoms with Gasteiger partial charge in [-0.05, 0) is 29.3 Å². The highest BCUT2D eigenvalue weighted by atomic mass is 32.1. The molecule has 10 aromatic rings. The molecule has 0 saturated carbocycles. The quantitative estimate of drug-likeness (QED) is 0.171. The van der Waals surface area contributed by atoms with Gasteiger partial charge in [0.05, 0.1) is 22.6 Å². The van der Waals surface area contributed by atoms with Gasteiger partial charge >= 0.3 is 0 Å². The molecule has 0 atom stereocenters. The van der Waals surface area contributed by atoms with E-state index in [1.54, 1.807) is 0 Å². The average Bonchev–Trinajstić information content (AvgIpc) is 3.60. The summed E-state index contributed by atoms with van der Waals surface area (Å²) in [6.45, 7) is 0. The first kappa shape index (κ1) is 29.4. The zero-order valence-electron chi connectivity index (χ0n) is 27.5. The molecule has 0 unspecified atom stereocenters. The summed E-state index contributed by atoms with van der Waals surface area (Å²) in [7, 11) is 0. The Morgan fingerprint density at radius 2 is 0.882 bits per heavy atom. The normalized spacial score (nSPS) is 11.5. The van der Waals surface area contributed by atoms with E-state index in [0.29, 0.717) is 0 Å². The zero-order valence-corrected chi connectivity index (χ0v) is 28.3. The third-order valence-electron chi connectivity index (χ3n) is 9.70. The molecule has 238 valence electrons. The fourth-order valence-corrected chi connectivity index (χ4v) is 8.59. The van der Waals surface area contributed by atoms with Gasteiger partial charge < -0.3 is 0 Å². The van der Waals surface area contributed by atoms with Crippen LogP contribution in [0.25, 0.3) is 98.1 Å². The van der Waals surface area contributed by atoms with Crippen LogP contribution in [0.2, 0.25) is 0 Å². The van der Waals surface area contributed by atoms with E-state index in [0.717, 1.165) is 61.4 Å². The van der Waals surface area contributed by atoms with Crippen molar-refractivity contribution in [2.45, 2.75) is 0 Å². The molecule has 4 heteroatoms. The fourth-order valence-electron chi connectivity index (χ4n) is 7.22. The van der Waals surface area contributed by atoms with E-state index >= 15 is 0 Å². The lowest BCUT2D eigenvalue weighted by Crippen LogP contribution is -1.96. The fraction of sp³-hybridized carbons (Fsp3) is 0. The van der Waals surface area contributed by atoms with E-state index in [9.17, 15) is 0 Å². The van der Waals surface area contributed by atoms with Gasteiger partial charge in [0.2, 0.25) is 0 Å². The first-order valence-corrected chi connectivity index (χ1v) is 17.9. The second-order valence-electron chi connectivity index (χ2n) is 12.8. The molecular weight excluding hydrogens is 639 g/mol. The Kier molecular flexibility index (Phi) is 7.00. The molecule has 3 heterocycles. The van der Waals surface area contributed by atoms with Gasteiger partial charge in [-0.1, -0.05) is 158 Å². The van der Waals surface area contributed by atoms with Gasteiger partial charge in [-0.3, -0.25) is 0 Å². The van der Waals surface area contributed by atoms with Crippen molar-refractivity contribution in [1.82, 2.24) is 15.0 Å². The van der Waals surface area contributed by atoms with Crippen molar-refractivity contribution in [1.29, 1.82) is 0 Å². The number of fused-ring (bicyclic) bond motifs is 7. The maximum Gasteiger partial charge on any atom is 0.161 e. The van der Waals surface area contributed by atoms with Gasteiger partial charge in [-0.25, -0.2) is 15.0 Å². The van der Waals surface area contributed by atoms with Gasteiger partial charge in [0.25, 0.3) is 0 Å². The van der Waals surface area contributed by atoms with Crippen molar-refractivity contribution in [3.63, 3.8) is 0 Å². The molecule has 3 nitrogen and oxygen atoms in total. The number of para-hydroxylation sites is 1. The topological polar surface area (TPSA) is 38.7 Å². The maximum absolute atomic E-state index is 5.27. The van der Waals surface area contributed by atoms with Gasteiger partial charge in [0, 0.05) is 58.6 Å². The Morgan fingerprint density at radius 1 is 0.353 bits per heavy atom. The zero-order chi connectivity index (χ0) is 33.7. The van der Waals surface area contributed by atoms with Gasteiger partial charge in [0.1, 0.15) is 0 Å². The van der Waals surface area contributed by atoms with Crippen LogP contribution in [0.4, 0.5) is 0 Å². The lowest BCUT2D eigenvalue weighted by atomic mass is 9.98. The van der Waals surface area contributed by atoms with Crippen molar-refractivity contribution in [2.24, 2.45) is 0 Å². The molecule has 0 saturated heterocycles. The minimum atomic E-state index is 0.719. The summed E-state index contributed by atoms with van der Waals surface area (Å²) in [6, 6.07) is 61.7. The van der Waals surface area contributed by atoms with Crippen LogP contribution in [0, 0.1) is 0 Å². The van der Waals surface area contributed by atoms with Crippen LogP contribution in [-0.2, 0) is 0 Å². The van der Waals surface area contributed by atoms with Crippen LogP contribution in [0.3, 0.4) is 0 Å². The van der Waals surface area contributed by atoms with Crippen LogP contribution in [0.5, 0.6) is 0 Å².